The molecule has 7 nitrogen and oxygen atoms in total. The number of likely N-dealkylation sites (N-methyl/N-ethyl adjacent to an activating group) is 1. The van der Waals surface area contributed by atoms with Crippen molar-refractivity contribution in [3.05, 3.63) is 41.7 Å². The fraction of sp³-hybridized carbons (Fsp3) is 0.444. The van der Waals surface area contributed by atoms with Gasteiger partial charge in [-0.25, -0.2) is 0 Å². The van der Waals surface area contributed by atoms with Crippen molar-refractivity contribution >= 4 is 18.3 Å². The van der Waals surface area contributed by atoms with Gasteiger partial charge in [-0.1, -0.05) is 13.0 Å². The van der Waals surface area contributed by atoms with Crippen molar-refractivity contribution in [2.75, 3.05) is 20.8 Å². The molecule has 0 radical (unpaired) electrons. The van der Waals surface area contributed by atoms with Crippen LogP contribution in [-0.2, 0) is 18.4 Å². The van der Waals surface area contributed by atoms with Gasteiger partial charge in [0.1, 0.15) is 6.04 Å². The number of hydrogen-bond acceptors (Lipinski definition) is 5. The number of halogens is 1. The van der Waals surface area contributed by atoms with Gasteiger partial charge in [0.15, 0.2) is 11.5 Å². The van der Waals surface area contributed by atoms with E-state index in [2.05, 4.69) is 22.7 Å². The Morgan fingerprint density at radius 1 is 1.35 bits per heavy atom. The molecule has 0 aliphatic rings. The molecule has 0 spiro atoms. The van der Waals surface area contributed by atoms with E-state index in [4.69, 9.17) is 9.47 Å². The summed E-state index contributed by atoms with van der Waals surface area (Å²) in [6, 6.07) is 5.23. The second-order valence-electron chi connectivity index (χ2n) is 5.72. The molecule has 8 heteroatoms. The molecule has 0 aliphatic heterocycles. The first kappa shape index (κ1) is 21.8. The fourth-order valence-corrected chi connectivity index (χ4v) is 2.48. The lowest BCUT2D eigenvalue weighted by molar-refractivity contribution is -0.123. The molecule has 1 atom stereocenters. The summed E-state index contributed by atoms with van der Waals surface area (Å²) in [5.74, 6) is 1.27. The normalized spacial score (nSPS) is 11.4. The number of ether oxygens (including phenoxy) is 2. The van der Waals surface area contributed by atoms with E-state index in [9.17, 15) is 4.79 Å². The number of nitrogens with one attached hydrogen (secondary N) is 2. The molecule has 2 rings (SSSR count). The molecule has 0 bridgehead atoms. The molecule has 0 aliphatic carbocycles. The van der Waals surface area contributed by atoms with Crippen molar-refractivity contribution in [2.45, 2.75) is 25.9 Å². The summed E-state index contributed by atoms with van der Waals surface area (Å²) in [7, 11) is 5.18. The van der Waals surface area contributed by atoms with Crippen LogP contribution < -0.4 is 20.1 Å². The molecule has 0 saturated heterocycles. The first-order valence-electron chi connectivity index (χ1n) is 8.32. The molecule has 1 amide bonds. The standard InChI is InChI=1S/C18H26N4O3.ClH/c1-5-8-25-15-7-6-13(9-16(15)24-4)10-20-18(23)17(19-2)14-11-21-22(3)12-14;/h6-7,9,11-12,17,19H,5,8,10H2,1-4H3,(H,20,23);1H. The summed E-state index contributed by atoms with van der Waals surface area (Å²) in [6.07, 6.45) is 4.44. The molecule has 26 heavy (non-hydrogen) atoms. The highest BCUT2D eigenvalue weighted by atomic mass is 35.5. The van der Waals surface area contributed by atoms with Crippen molar-refractivity contribution < 1.29 is 14.3 Å². The van der Waals surface area contributed by atoms with E-state index in [1.807, 2.05) is 31.4 Å². The lowest BCUT2D eigenvalue weighted by Crippen LogP contribution is -2.35. The Balaban J connectivity index is 0.00000338. The molecular weight excluding hydrogens is 356 g/mol. The summed E-state index contributed by atoms with van der Waals surface area (Å²) in [5, 5.41) is 10.1. The highest BCUT2D eigenvalue weighted by Crippen LogP contribution is 2.28. The van der Waals surface area contributed by atoms with Crippen LogP contribution in [0.15, 0.2) is 30.6 Å². The van der Waals surface area contributed by atoms with E-state index in [0.717, 1.165) is 17.5 Å². The largest absolute Gasteiger partial charge is 0.493 e. The van der Waals surface area contributed by atoms with Crippen molar-refractivity contribution in [1.29, 1.82) is 0 Å². The zero-order valence-corrected chi connectivity index (χ0v) is 16.4. The number of carbonyl (C=O) groups excluding carboxylic acids is 1. The monoisotopic (exact) mass is 382 g/mol. The molecule has 0 saturated carbocycles. The maximum absolute atomic E-state index is 12.5. The maximum Gasteiger partial charge on any atom is 0.242 e. The van der Waals surface area contributed by atoms with Gasteiger partial charge in [-0.15, -0.1) is 12.4 Å². The minimum Gasteiger partial charge on any atom is -0.493 e. The van der Waals surface area contributed by atoms with Gasteiger partial charge in [0.05, 0.1) is 19.9 Å². The average molecular weight is 383 g/mol. The predicted octanol–water partition coefficient (Wildman–Crippen LogP) is 2.22. The van der Waals surface area contributed by atoms with Crippen LogP contribution in [0.1, 0.15) is 30.5 Å². The number of aromatic nitrogens is 2. The quantitative estimate of drug-likeness (QED) is 0.695. The molecule has 2 N–H and O–H groups in total. The first-order valence-corrected chi connectivity index (χ1v) is 8.32. The SMILES string of the molecule is CCCOc1ccc(CNC(=O)C(NC)c2cnn(C)c2)cc1OC.Cl. The number of amides is 1. The minimum atomic E-state index is -0.442. The van der Waals surface area contributed by atoms with Crippen LogP contribution in [0.3, 0.4) is 0 Å². The Bertz CT molecular complexity index is 705. The van der Waals surface area contributed by atoms with Gasteiger partial charge in [0, 0.05) is 25.4 Å². The van der Waals surface area contributed by atoms with Crippen LogP contribution in [0.4, 0.5) is 0 Å². The van der Waals surface area contributed by atoms with Gasteiger partial charge in [0.25, 0.3) is 0 Å². The second kappa shape index (κ2) is 10.7. The smallest absolute Gasteiger partial charge is 0.242 e. The molecule has 1 aromatic carbocycles. The average Bonchev–Trinajstić information content (AvgIpc) is 3.05. The van der Waals surface area contributed by atoms with E-state index in [1.165, 1.54) is 0 Å². The summed E-state index contributed by atoms with van der Waals surface area (Å²) >= 11 is 0. The third-order valence-electron chi connectivity index (χ3n) is 3.77. The van der Waals surface area contributed by atoms with E-state index in [0.29, 0.717) is 24.7 Å². The van der Waals surface area contributed by atoms with Crippen molar-refractivity contribution in [2.24, 2.45) is 7.05 Å². The van der Waals surface area contributed by atoms with Crippen molar-refractivity contribution in [3.63, 3.8) is 0 Å². The first-order chi connectivity index (χ1) is 12.1. The number of methoxy groups -OCH3 is 1. The van der Waals surface area contributed by atoms with E-state index in [-0.39, 0.29) is 18.3 Å². The maximum atomic E-state index is 12.5. The summed E-state index contributed by atoms with van der Waals surface area (Å²) < 4.78 is 12.7. The zero-order chi connectivity index (χ0) is 18.2. The van der Waals surface area contributed by atoms with Gasteiger partial charge >= 0.3 is 0 Å². The number of hydrogen-bond donors (Lipinski definition) is 2. The van der Waals surface area contributed by atoms with Gasteiger partial charge in [-0.2, -0.15) is 5.10 Å². The topological polar surface area (TPSA) is 77.4 Å². The number of carbonyl (C=O) groups is 1. The van der Waals surface area contributed by atoms with Crippen molar-refractivity contribution in [3.8, 4) is 11.5 Å². The number of benzene rings is 1. The molecule has 1 aromatic heterocycles. The van der Waals surface area contributed by atoms with Crippen molar-refractivity contribution in [1.82, 2.24) is 20.4 Å². The molecule has 144 valence electrons. The lowest BCUT2D eigenvalue weighted by Gasteiger charge is -2.15. The van der Waals surface area contributed by atoms with Crippen LogP contribution in [-0.4, -0.2) is 36.5 Å². The Hall–Kier alpha value is -2.25. The fourth-order valence-electron chi connectivity index (χ4n) is 2.48. The molecular formula is C18H27ClN4O3. The van der Waals surface area contributed by atoms with Gasteiger partial charge in [0.2, 0.25) is 5.91 Å². The summed E-state index contributed by atoms with van der Waals surface area (Å²) in [5.41, 5.74) is 1.76. The highest BCUT2D eigenvalue weighted by Gasteiger charge is 2.19. The van der Waals surface area contributed by atoms with Gasteiger partial charge in [-0.3, -0.25) is 9.48 Å². The van der Waals surface area contributed by atoms with Crippen LogP contribution in [0.2, 0.25) is 0 Å². The van der Waals surface area contributed by atoms with E-state index < -0.39 is 6.04 Å². The summed E-state index contributed by atoms with van der Waals surface area (Å²) in [4.78, 5) is 12.5. The predicted molar refractivity (Wildman–Crippen MR) is 103 cm³/mol. The molecule has 1 unspecified atom stereocenters. The Morgan fingerprint density at radius 3 is 2.69 bits per heavy atom. The number of nitrogens with zero attached hydrogens (tertiary/aromatic N) is 2. The third-order valence-corrected chi connectivity index (χ3v) is 3.77. The number of rotatable bonds is 9. The Morgan fingerprint density at radius 2 is 2.12 bits per heavy atom. The lowest BCUT2D eigenvalue weighted by atomic mass is 10.1. The van der Waals surface area contributed by atoms with E-state index in [1.54, 1.807) is 25.0 Å². The second-order valence-corrected chi connectivity index (χ2v) is 5.72. The van der Waals surface area contributed by atoms with Gasteiger partial charge < -0.3 is 20.1 Å². The number of aryl methyl sites for hydroxylation is 1. The molecule has 2 aromatic rings. The summed E-state index contributed by atoms with van der Waals surface area (Å²) in [6.45, 7) is 3.10. The molecule has 1 heterocycles. The van der Waals surface area contributed by atoms with Crippen LogP contribution in [0, 0.1) is 0 Å². The third kappa shape index (κ3) is 5.64. The Labute approximate surface area is 160 Å². The van der Waals surface area contributed by atoms with Crippen LogP contribution >= 0.6 is 12.4 Å². The van der Waals surface area contributed by atoms with Crippen LogP contribution in [0.5, 0.6) is 11.5 Å². The van der Waals surface area contributed by atoms with E-state index >= 15 is 0 Å². The van der Waals surface area contributed by atoms with Gasteiger partial charge in [-0.05, 0) is 31.2 Å². The molecule has 0 fully saturated rings. The minimum absolute atomic E-state index is 0. The zero-order valence-electron chi connectivity index (χ0n) is 15.6. The Kier molecular flexibility index (Phi) is 8.95. The van der Waals surface area contributed by atoms with Crippen LogP contribution in [0.25, 0.3) is 0 Å². The highest BCUT2D eigenvalue weighted by molar-refractivity contribution is 5.85.